The number of nitrogens with zero attached hydrogens (tertiary/aromatic N) is 2. The van der Waals surface area contributed by atoms with Crippen LogP contribution in [0.1, 0.15) is 104 Å². The fourth-order valence-corrected chi connectivity index (χ4v) is 4.27. The third-order valence-electron chi connectivity index (χ3n) is 6.56. The third-order valence-corrected chi connectivity index (χ3v) is 6.56. The number of hydrogen-bond donors (Lipinski definition) is 1. The van der Waals surface area contributed by atoms with Crippen LogP contribution in [0, 0.1) is 0 Å². The van der Waals surface area contributed by atoms with E-state index < -0.39 is 0 Å². The van der Waals surface area contributed by atoms with Gasteiger partial charge in [0.1, 0.15) is 0 Å². The van der Waals surface area contributed by atoms with Crippen molar-refractivity contribution in [3.05, 3.63) is 35.9 Å². The first kappa shape index (κ1) is 29.2. The lowest BCUT2D eigenvalue weighted by Crippen LogP contribution is -2.39. The molecule has 0 bridgehead atoms. The van der Waals surface area contributed by atoms with Crippen molar-refractivity contribution in [2.24, 2.45) is 0 Å². The molecule has 2 amide bonds. The quantitative estimate of drug-likeness (QED) is 0.276. The Hall–Kier alpha value is -1.88. The van der Waals surface area contributed by atoms with Crippen molar-refractivity contribution in [1.29, 1.82) is 0 Å². The topological polar surface area (TPSA) is 52.7 Å². The Kier molecular flexibility index (Phi) is 15.5. The molecule has 2 unspecified atom stereocenters. The molecule has 0 saturated carbocycles. The Morgan fingerprint density at radius 3 is 2.15 bits per heavy atom. The van der Waals surface area contributed by atoms with E-state index in [1.807, 2.05) is 23.1 Å². The van der Waals surface area contributed by atoms with E-state index in [2.05, 4.69) is 57.0 Å². The van der Waals surface area contributed by atoms with Crippen molar-refractivity contribution in [2.75, 3.05) is 26.2 Å². The van der Waals surface area contributed by atoms with Crippen LogP contribution >= 0.6 is 0 Å². The zero-order chi connectivity index (χ0) is 24.5. The number of carbonyl (C=O) groups excluding carboxylic acids is 2. The van der Waals surface area contributed by atoms with Gasteiger partial charge in [0.25, 0.3) is 0 Å². The van der Waals surface area contributed by atoms with Gasteiger partial charge in [0.15, 0.2) is 0 Å². The van der Waals surface area contributed by atoms with Gasteiger partial charge in [-0.25, -0.2) is 0 Å². The van der Waals surface area contributed by atoms with Crippen LogP contribution in [0.15, 0.2) is 30.3 Å². The predicted molar refractivity (Wildman–Crippen MR) is 139 cm³/mol. The Labute approximate surface area is 203 Å². The average Bonchev–Trinajstić information content (AvgIpc) is 2.82. The van der Waals surface area contributed by atoms with Crippen LogP contribution in [0.25, 0.3) is 0 Å². The third kappa shape index (κ3) is 12.2. The SMILES string of the molecule is CCCCCCCC(=O)N(CCC(=O)NC(C)CCCN(CC)CC)C(C)c1ccccc1. The zero-order valence-electron chi connectivity index (χ0n) is 21.9. The number of unbranched alkanes of at least 4 members (excludes halogenated alkanes) is 4. The lowest BCUT2D eigenvalue weighted by molar-refractivity contribution is -0.134. The Morgan fingerprint density at radius 1 is 0.848 bits per heavy atom. The predicted octanol–water partition coefficient (Wildman–Crippen LogP) is 5.95. The highest BCUT2D eigenvalue weighted by atomic mass is 16.2. The zero-order valence-corrected chi connectivity index (χ0v) is 21.9. The van der Waals surface area contributed by atoms with Crippen LogP contribution in [0.4, 0.5) is 0 Å². The molecule has 0 heterocycles. The summed E-state index contributed by atoms with van der Waals surface area (Å²) in [6, 6.07) is 10.2. The Balaban J connectivity index is 2.58. The second kappa shape index (κ2) is 17.6. The van der Waals surface area contributed by atoms with E-state index in [1.54, 1.807) is 0 Å². The molecule has 1 aromatic carbocycles. The Morgan fingerprint density at radius 2 is 1.52 bits per heavy atom. The molecule has 5 heteroatoms. The van der Waals surface area contributed by atoms with E-state index in [0.29, 0.717) is 19.4 Å². The molecular formula is C28H49N3O2. The second-order valence-corrected chi connectivity index (χ2v) is 9.23. The van der Waals surface area contributed by atoms with Crippen LogP contribution in [0.2, 0.25) is 0 Å². The smallest absolute Gasteiger partial charge is 0.223 e. The molecule has 2 atom stereocenters. The first-order valence-corrected chi connectivity index (χ1v) is 13.3. The summed E-state index contributed by atoms with van der Waals surface area (Å²) in [5.74, 6) is 0.189. The van der Waals surface area contributed by atoms with Crippen LogP contribution in [-0.2, 0) is 9.59 Å². The van der Waals surface area contributed by atoms with E-state index in [1.165, 1.54) is 19.3 Å². The van der Waals surface area contributed by atoms with Gasteiger partial charge in [-0.1, -0.05) is 76.8 Å². The summed E-state index contributed by atoms with van der Waals surface area (Å²) in [6.45, 7) is 14.4. The summed E-state index contributed by atoms with van der Waals surface area (Å²) >= 11 is 0. The Bertz CT molecular complexity index is 646. The molecule has 0 saturated heterocycles. The van der Waals surface area contributed by atoms with Gasteiger partial charge < -0.3 is 15.1 Å². The maximum atomic E-state index is 13.1. The normalized spacial score (nSPS) is 13.0. The number of benzene rings is 1. The van der Waals surface area contributed by atoms with Gasteiger partial charge in [-0.3, -0.25) is 9.59 Å². The van der Waals surface area contributed by atoms with E-state index in [0.717, 1.165) is 50.9 Å². The molecule has 33 heavy (non-hydrogen) atoms. The van der Waals surface area contributed by atoms with Crippen LogP contribution < -0.4 is 5.32 Å². The van der Waals surface area contributed by atoms with E-state index in [4.69, 9.17) is 0 Å². The number of hydrogen-bond acceptors (Lipinski definition) is 3. The van der Waals surface area contributed by atoms with E-state index in [9.17, 15) is 9.59 Å². The second-order valence-electron chi connectivity index (χ2n) is 9.23. The minimum atomic E-state index is -0.0337. The number of rotatable bonds is 18. The van der Waals surface area contributed by atoms with Crippen molar-refractivity contribution >= 4 is 11.8 Å². The van der Waals surface area contributed by atoms with E-state index >= 15 is 0 Å². The van der Waals surface area contributed by atoms with Gasteiger partial charge in [0.2, 0.25) is 11.8 Å². The first-order chi connectivity index (χ1) is 15.9. The molecule has 0 radical (unpaired) electrons. The molecule has 5 nitrogen and oxygen atoms in total. The van der Waals surface area contributed by atoms with E-state index in [-0.39, 0.29) is 23.9 Å². The van der Waals surface area contributed by atoms with Crippen molar-refractivity contribution in [1.82, 2.24) is 15.1 Å². The van der Waals surface area contributed by atoms with Gasteiger partial charge >= 0.3 is 0 Å². The highest BCUT2D eigenvalue weighted by molar-refractivity contribution is 5.79. The van der Waals surface area contributed by atoms with Crippen molar-refractivity contribution in [3.8, 4) is 0 Å². The van der Waals surface area contributed by atoms with Crippen molar-refractivity contribution < 1.29 is 9.59 Å². The number of carbonyl (C=O) groups is 2. The van der Waals surface area contributed by atoms with Crippen LogP contribution in [0.3, 0.4) is 0 Å². The fourth-order valence-electron chi connectivity index (χ4n) is 4.27. The monoisotopic (exact) mass is 459 g/mol. The minimum absolute atomic E-state index is 0.0337. The maximum absolute atomic E-state index is 13.1. The van der Waals surface area contributed by atoms with Crippen LogP contribution in [-0.4, -0.2) is 53.8 Å². The molecule has 0 aliphatic rings. The van der Waals surface area contributed by atoms with Crippen LogP contribution in [0.5, 0.6) is 0 Å². The summed E-state index contributed by atoms with van der Waals surface area (Å²) in [5, 5.41) is 3.13. The fraction of sp³-hybridized carbons (Fsp3) is 0.714. The number of amides is 2. The minimum Gasteiger partial charge on any atom is -0.354 e. The highest BCUT2D eigenvalue weighted by Crippen LogP contribution is 2.22. The molecule has 0 aliphatic carbocycles. The van der Waals surface area contributed by atoms with Gasteiger partial charge in [-0.05, 0) is 58.3 Å². The molecule has 1 rings (SSSR count). The van der Waals surface area contributed by atoms with Gasteiger partial charge in [-0.2, -0.15) is 0 Å². The summed E-state index contributed by atoms with van der Waals surface area (Å²) in [6.07, 6.45) is 8.60. The average molecular weight is 460 g/mol. The highest BCUT2D eigenvalue weighted by Gasteiger charge is 2.22. The summed E-state index contributed by atoms with van der Waals surface area (Å²) < 4.78 is 0. The molecule has 188 valence electrons. The molecule has 1 N–H and O–H groups in total. The molecule has 0 aliphatic heterocycles. The molecular weight excluding hydrogens is 410 g/mol. The molecule has 0 fully saturated rings. The van der Waals surface area contributed by atoms with Gasteiger partial charge in [0.05, 0.1) is 6.04 Å². The molecule has 0 aromatic heterocycles. The lowest BCUT2D eigenvalue weighted by Gasteiger charge is -2.30. The summed E-state index contributed by atoms with van der Waals surface area (Å²) in [4.78, 5) is 30.0. The lowest BCUT2D eigenvalue weighted by atomic mass is 10.0. The number of nitrogens with one attached hydrogen (secondary N) is 1. The molecule has 0 spiro atoms. The summed E-state index contributed by atoms with van der Waals surface area (Å²) in [5.41, 5.74) is 1.11. The standard InChI is InChI=1S/C28H49N3O2/c1-6-9-10-11-15-20-28(33)31(25(5)26-18-13-12-14-19-26)23-21-27(32)29-24(4)17-16-22-30(7-2)8-3/h12-14,18-19,24-25H,6-11,15-17,20-23H2,1-5H3,(H,29,32). The maximum Gasteiger partial charge on any atom is 0.223 e. The summed E-state index contributed by atoms with van der Waals surface area (Å²) in [7, 11) is 0. The largest absolute Gasteiger partial charge is 0.354 e. The van der Waals surface area contributed by atoms with Crippen molar-refractivity contribution in [2.45, 2.75) is 104 Å². The van der Waals surface area contributed by atoms with Gasteiger partial charge in [0, 0.05) is 25.4 Å². The van der Waals surface area contributed by atoms with Gasteiger partial charge in [-0.15, -0.1) is 0 Å². The molecule has 1 aromatic rings. The first-order valence-electron chi connectivity index (χ1n) is 13.3. The van der Waals surface area contributed by atoms with Crippen molar-refractivity contribution in [3.63, 3.8) is 0 Å².